The second-order valence-electron chi connectivity index (χ2n) is 13.5. The van der Waals surface area contributed by atoms with Gasteiger partial charge in [0.05, 0.1) is 5.60 Å². The van der Waals surface area contributed by atoms with Gasteiger partial charge in [-0.1, -0.05) is 34.6 Å². The van der Waals surface area contributed by atoms with E-state index < -0.39 is 11.6 Å². The van der Waals surface area contributed by atoms with E-state index in [1.165, 1.54) is 57.8 Å². The van der Waals surface area contributed by atoms with Crippen LogP contribution in [-0.4, -0.2) is 21.8 Å². The summed E-state index contributed by atoms with van der Waals surface area (Å²) in [6, 6.07) is 0. The number of carboxylic acid groups (broad SMARTS) is 1. The average Bonchev–Trinajstić information content (AvgIpc) is 3.10. The predicted molar refractivity (Wildman–Crippen MR) is 137 cm³/mol. The van der Waals surface area contributed by atoms with Gasteiger partial charge in [-0.2, -0.15) is 0 Å². The van der Waals surface area contributed by atoms with Crippen LogP contribution >= 0.6 is 0 Å². The van der Waals surface area contributed by atoms with Gasteiger partial charge < -0.3 is 10.2 Å². The lowest BCUT2D eigenvalue weighted by Gasteiger charge is -2.61. The van der Waals surface area contributed by atoms with Crippen molar-refractivity contribution >= 4 is 5.97 Å². The molecular weight excluding hydrogens is 408 g/mol. The van der Waals surface area contributed by atoms with Crippen LogP contribution in [0.5, 0.6) is 0 Å². The maximum absolute atomic E-state index is 11.1. The van der Waals surface area contributed by atoms with Gasteiger partial charge in [0.25, 0.3) is 0 Å². The first-order valence-corrected chi connectivity index (χ1v) is 14.4. The molecule has 0 radical (unpaired) electrons. The summed E-state index contributed by atoms with van der Waals surface area (Å²) in [6.07, 6.45) is 14.4. The highest BCUT2D eigenvalue weighted by atomic mass is 16.4. The number of aliphatic hydroxyl groups is 1. The third-order valence-electron chi connectivity index (χ3n) is 11.1. The van der Waals surface area contributed by atoms with E-state index in [1.54, 1.807) is 0 Å². The lowest BCUT2D eigenvalue weighted by molar-refractivity contribution is -0.138. The van der Waals surface area contributed by atoms with E-state index in [-0.39, 0.29) is 0 Å². The van der Waals surface area contributed by atoms with Gasteiger partial charge in [0.1, 0.15) is 0 Å². The topological polar surface area (TPSA) is 57.5 Å². The highest BCUT2D eigenvalue weighted by Gasteiger charge is 2.60. The summed E-state index contributed by atoms with van der Waals surface area (Å²) in [4.78, 5) is 11.1. The Morgan fingerprint density at radius 2 is 1.61 bits per heavy atom. The summed E-state index contributed by atoms with van der Waals surface area (Å²) < 4.78 is 0. The Morgan fingerprint density at radius 3 is 2.24 bits per heavy atom. The first-order chi connectivity index (χ1) is 15.4. The first-order valence-electron chi connectivity index (χ1n) is 14.4. The zero-order valence-corrected chi connectivity index (χ0v) is 22.8. The Morgan fingerprint density at radius 1 is 0.970 bits per heavy atom. The van der Waals surface area contributed by atoms with Crippen molar-refractivity contribution in [3.8, 4) is 0 Å². The molecular formula is C30H54O3. The number of carbonyl (C=O) groups is 1. The van der Waals surface area contributed by atoms with Crippen molar-refractivity contribution in [3.63, 3.8) is 0 Å². The zero-order chi connectivity index (χ0) is 24.6. The predicted octanol–water partition coefficient (Wildman–Crippen LogP) is 7.95. The smallest absolute Gasteiger partial charge is 0.303 e. The maximum atomic E-state index is 11.1. The van der Waals surface area contributed by atoms with Gasteiger partial charge in [-0.25, -0.2) is 0 Å². The molecule has 4 aliphatic rings. The Hall–Kier alpha value is -0.570. The molecule has 0 spiro atoms. The monoisotopic (exact) mass is 462 g/mol. The fourth-order valence-electron chi connectivity index (χ4n) is 9.77. The molecule has 4 aliphatic carbocycles. The highest BCUT2D eigenvalue weighted by molar-refractivity contribution is 5.66. The summed E-state index contributed by atoms with van der Waals surface area (Å²) in [5.41, 5.74) is 0.409. The van der Waals surface area contributed by atoms with Crippen LogP contribution < -0.4 is 0 Å². The number of hydrogen-bond donors (Lipinski definition) is 2. The minimum Gasteiger partial charge on any atom is -0.481 e. The van der Waals surface area contributed by atoms with Gasteiger partial charge in [-0.05, 0) is 137 Å². The number of aliphatic carboxylic acids is 1. The average molecular weight is 463 g/mol. The maximum Gasteiger partial charge on any atom is 0.303 e. The minimum absolute atomic E-state index is 0.329. The van der Waals surface area contributed by atoms with E-state index in [9.17, 15) is 9.90 Å². The van der Waals surface area contributed by atoms with Crippen molar-refractivity contribution < 1.29 is 15.0 Å². The molecule has 0 heterocycles. The molecule has 0 aliphatic heterocycles. The molecule has 2 N–H and O–H groups in total. The van der Waals surface area contributed by atoms with Crippen LogP contribution in [0.2, 0.25) is 0 Å². The highest BCUT2D eigenvalue weighted by Crippen LogP contribution is 2.68. The largest absolute Gasteiger partial charge is 0.481 e. The van der Waals surface area contributed by atoms with Crippen molar-refractivity contribution in [1.82, 2.24) is 0 Å². The molecule has 0 saturated heterocycles. The molecule has 3 nitrogen and oxygen atoms in total. The molecule has 0 amide bonds. The van der Waals surface area contributed by atoms with E-state index in [0.717, 1.165) is 36.5 Å². The molecule has 33 heavy (non-hydrogen) atoms. The lowest BCUT2D eigenvalue weighted by Crippen LogP contribution is -2.54. The summed E-state index contributed by atoms with van der Waals surface area (Å²) in [5, 5.41) is 19.5. The van der Waals surface area contributed by atoms with E-state index in [4.69, 9.17) is 5.11 Å². The summed E-state index contributed by atoms with van der Waals surface area (Å²) in [6.45, 7) is 15.5. The van der Waals surface area contributed by atoms with Crippen molar-refractivity contribution in [1.29, 1.82) is 0 Å². The third kappa shape index (κ3) is 5.34. The quantitative estimate of drug-likeness (QED) is 0.421. The van der Waals surface area contributed by atoms with Gasteiger partial charge in [-0.15, -0.1) is 0 Å². The second-order valence-corrected chi connectivity index (χ2v) is 13.5. The Labute approximate surface area is 204 Å². The molecule has 4 rings (SSSR count). The van der Waals surface area contributed by atoms with Crippen LogP contribution in [0.25, 0.3) is 0 Å². The Kier molecular flexibility index (Phi) is 8.35. The number of carboxylic acids is 1. The van der Waals surface area contributed by atoms with E-state index >= 15 is 0 Å². The van der Waals surface area contributed by atoms with Crippen molar-refractivity contribution in [2.45, 2.75) is 131 Å². The lowest BCUT2D eigenvalue weighted by atomic mass is 9.43. The molecule has 4 fully saturated rings. The van der Waals surface area contributed by atoms with Crippen LogP contribution in [0.1, 0.15) is 126 Å². The van der Waals surface area contributed by atoms with Crippen molar-refractivity contribution in [2.24, 2.45) is 52.3 Å². The second kappa shape index (κ2) is 10.2. The van der Waals surface area contributed by atoms with Crippen LogP contribution in [0.15, 0.2) is 0 Å². The summed E-state index contributed by atoms with van der Waals surface area (Å²) in [7, 11) is 0. The van der Waals surface area contributed by atoms with Crippen LogP contribution in [0.4, 0.5) is 0 Å². The van der Waals surface area contributed by atoms with Crippen LogP contribution in [-0.2, 0) is 4.79 Å². The molecule has 9 atom stereocenters. The number of hydrogen-bond acceptors (Lipinski definition) is 2. The molecule has 0 bridgehead atoms. The van der Waals surface area contributed by atoms with Gasteiger partial charge >= 0.3 is 5.97 Å². The minimum atomic E-state index is -0.637. The zero-order valence-electron chi connectivity index (χ0n) is 22.8. The molecule has 4 saturated carbocycles. The SMILES string of the molecule is CC.CC(CCC(=O)O)C1CCC2C3CCC4CC(CC(C)(C)O)CCC4(C)C3CCC12C. The standard InChI is InChI=1S/C28H48O3.C2H6/c1-18(6-11-25(29)30)22-9-10-23-21-8-7-20-16-19(17-26(2,3)31)12-14-27(20,4)24(21)13-15-28(22,23)5;1-2/h18-24,31H,6-17H2,1-5H3,(H,29,30);1-2H3. The van der Waals surface area contributed by atoms with E-state index in [2.05, 4.69) is 20.8 Å². The molecule has 3 heteroatoms. The molecule has 0 aromatic rings. The van der Waals surface area contributed by atoms with Gasteiger partial charge in [-0.3, -0.25) is 4.79 Å². The van der Waals surface area contributed by atoms with Gasteiger partial charge in [0.2, 0.25) is 0 Å². The number of rotatable bonds is 6. The first kappa shape index (κ1) is 27.0. The van der Waals surface area contributed by atoms with Gasteiger partial charge in [0.15, 0.2) is 0 Å². The van der Waals surface area contributed by atoms with E-state index in [0.29, 0.717) is 35.0 Å². The van der Waals surface area contributed by atoms with E-state index in [1.807, 2.05) is 27.7 Å². The van der Waals surface area contributed by atoms with Crippen LogP contribution in [0, 0.1) is 52.3 Å². The van der Waals surface area contributed by atoms with Crippen LogP contribution in [0.3, 0.4) is 0 Å². The third-order valence-corrected chi connectivity index (χ3v) is 11.1. The summed E-state index contributed by atoms with van der Waals surface area (Å²) >= 11 is 0. The molecule has 0 aromatic heterocycles. The number of fused-ring (bicyclic) bond motifs is 5. The fraction of sp³-hybridized carbons (Fsp3) is 0.967. The summed E-state index contributed by atoms with van der Waals surface area (Å²) in [5.74, 6) is 4.80. The van der Waals surface area contributed by atoms with Crippen molar-refractivity contribution in [2.75, 3.05) is 0 Å². The molecule has 9 unspecified atom stereocenters. The Bertz CT molecular complexity index is 666. The normalized spacial score (nSPS) is 43.4. The Balaban J connectivity index is 0.00000149. The van der Waals surface area contributed by atoms with Gasteiger partial charge in [0, 0.05) is 6.42 Å². The van der Waals surface area contributed by atoms with Crippen molar-refractivity contribution in [3.05, 3.63) is 0 Å². The fourth-order valence-corrected chi connectivity index (χ4v) is 9.77. The molecule has 0 aromatic carbocycles. The molecule has 192 valence electrons.